The van der Waals surface area contributed by atoms with Crippen LogP contribution in [0.5, 0.6) is 5.75 Å². The lowest BCUT2D eigenvalue weighted by Gasteiger charge is -2.31. The molecule has 1 heterocycles. The molecule has 1 atom stereocenters. The van der Waals surface area contributed by atoms with Gasteiger partial charge in [0.1, 0.15) is 18.5 Å². The summed E-state index contributed by atoms with van der Waals surface area (Å²) in [7, 11) is 0. The zero-order valence-corrected chi connectivity index (χ0v) is 11.3. The van der Waals surface area contributed by atoms with E-state index in [1.807, 2.05) is 17.0 Å². The fourth-order valence-corrected chi connectivity index (χ4v) is 2.09. The molecule has 1 aliphatic heterocycles. The van der Waals surface area contributed by atoms with Gasteiger partial charge in [0.25, 0.3) is 0 Å². The van der Waals surface area contributed by atoms with Crippen LogP contribution < -0.4 is 10.5 Å². The topological polar surface area (TPSA) is 64.8 Å². The summed E-state index contributed by atoms with van der Waals surface area (Å²) in [6.07, 6.45) is -0.0521. The first-order chi connectivity index (χ1) is 9.13. The van der Waals surface area contributed by atoms with Crippen molar-refractivity contribution in [2.45, 2.75) is 6.10 Å². The van der Waals surface area contributed by atoms with E-state index in [-0.39, 0.29) is 18.6 Å². The maximum Gasteiger partial charge on any atom is 0.231 e. The van der Waals surface area contributed by atoms with Gasteiger partial charge in [0.2, 0.25) is 5.91 Å². The molecule has 1 aromatic carbocycles. The van der Waals surface area contributed by atoms with Crippen molar-refractivity contribution in [3.63, 3.8) is 0 Å². The van der Waals surface area contributed by atoms with Crippen molar-refractivity contribution in [2.75, 3.05) is 32.8 Å². The number of benzene rings is 1. The number of hydrogen-bond donors (Lipinski definition) is 1. The first-order valence-corrected chi connectivity index (χ1v) is 6.52. The minimum Gasteiger partial charge on any atom is -0.491 e. The van der Waals surface area contributed by atoms with Crippen LogP contribution >= 0.6 is 11.6 Å². The molecule has 0 unspecified atom stereocenters. The maximum absolute atomic E-state index is 10.9. The summed E-state index contributed by atoms with van der Waals surface area (Å²) in [6.45, 7) is 2.66. The number of halogens is 1. The third-order valence-electron chi connectivity index (χ3n) is 2.85. The van der Waals surface area contributed by atoms with Crippen LogP contribution in [0.1, 0.15) is 0 Å². The Morgan fingerprint density at radius 1 is 1.47 bits per heavy atom. The second kappa shape index (κ2) is 6.75. The molecule has 0 radical (unpaired) electrons. The molecular formula is C13H17ClN2O3. The number of primary amides is 1. The van der Waals surface area contributed by atoms with Gasteiger partial charge in [-0.1, -0.05) is 11.6 Å². The highest BCUT2D eigenvalue weighted by Gasteiger charge is 2.21. The van der Waals surface area contributed by atoms with E-state index in [1.54, 1.807) is 12.1 Å². The van der Waals surface area contributed by atoms with E-state index in [0.717, 1.165) is 12.3 Å². The second-order valence-corrected chi connectivity index (χ2v) is 4.90. The molecule has 1 amide bonds. The number of nitrogens with zero attached hydrogens (tertiary/aromatic N) is 1. The van der Waals surface area contributed by atoms with Gasteiger partial charge in [-0.3, -0.25) is 9.69 Å². The fourth-order valence-electron chi connectivity index (χ4n) is 1.97. The van der Waals surface area contributed by atoms with Crippen molar-refractivity contribution >= 4 is 17.5 Å². The first kappa shape index (κ1) is 14.1. The summed E-state index contributed by atoms with van der Waals surface area (Å²) in [5, 5.41) is 0.675. The van der Waals surface area contributed by atoms with Gasteiger partial charge in [0, 0.05) is 18.1 Å². The van der Waals surface area contributed by atoms with Crippen LogP contribution in [0, 0.1) is 0 Å². The number of rotatable bonds is 5. The number of nitrogens with two attached hydrogens (primary N) is 1. The molecule has 1 aromatic rings. The summed E-state index contributed by atoms with van der Waals surface area (Å²) >= 11 is 5.80. The number of morpholine rings is 1. The van der Waals surface area contributed by atoms with Crippen molar-refractivity contribution in [3.8, 4) is 5.75 Å². The Bertz CT molecular complexity index is 424. The number of carbonyl (C=O) groups is 1. The Balaban J connectivity index is 1.79. The van der Waals surface area contributed by atoms with Crippen LogP contribution in [0.25, 0.3) is 0 Å². The van der Waals surface area contributed by atoms with Crippen LogP contribution in [0.15, 0.2) is 24.3 Å². The Hall–Kier alpha value is -1.30. The predicted molar refractivity (Wildman–Crippen MR) is 72.3 cm³/mol. The lowest BCUT2D eigenvalue weighted by atomic mass is 10.3. The van der Waals surface area contributed by atoms with Crippen LogP contribution in [-0.2, 0) is 9.53 Å². The number of amides is 1. The summed E-state index contributed by atoms with van der Waals surface area (Å²) in [5.41, 5.74) is 5.18. The molecule has 0 aliphatic carbocycles. The third-order valence-corrected chi connectivity index (χ3v) is 3.10. The molecule has 0 spiro atoms. The molecule has 1 saturated heterocycles. The molecule has 0 bridgehead atoms. The first-order valence-electron chi connectivity index (χ1n) is 6.14. The molecule has 19 heavy (non-hydrogen) atoms. The van der Waals surface area contributed by atoms with E-state index >= 15 is 0 Å². The van der Waals surface area contributed by atoms with Gasteiger partial charge in [-0.25, -0.2) is 0 Å². The van der Waals surface area contributed by atoms with E-state index in [4.69, 9.17) is 26.8 Å². The third kappa shape index (κ3) is 4.70. The van der Waals surface area contributed by atoms with Crippen LogP contribution in [0.3, 0.4) is 0 Å². The highest BCUT2D eigenvalue weighted by Crippen LogP contribution is 2.16. The van der Waals surface area contributed by atoms with Crippen molar-refractivity contribution in [1.29, 1.82) is 0 Å². The summed E-state index contributed by atoms with van der Waals surface area (Å²) in [4.78, 5) is 12.9. The molecule has 6 heteroatoms. The van der Waals surface area contributed by atoms with Crippen LogP contribution in [0.2, 0.25) is 5.02 Å². The van der Waals surface area contributed by atoms with Gasteiger partial charge in [-0.05, 0) is 24.3 Å². The van der Waals surface area contributed by atoms with Crippen molar-refractivity contribution < 1.29 is 14.3 Å². The monoisotopic (exact) mass is 284 g/mol. The van der Waals surface area contributed by atoms with E-state index in [9.17, 15) is 4.79 Å². The molecule has 0 saturated carbocycles. The number of hydrogen-bond acceptors (Lipinski definition) is 4. The minimum atomic E-state index is -0.320. The lowest BCUT2D eigenvalue weighted by Crippen LogP contribution is -2.47. The van der Waals surface area contributed by atoms with Crippen molar-refractivity contribution in [3.05, 3.63) is 29.3 Å². The average Bonchev–Trinajstić information content (AvgIpc) is 2.38. The number of ether oxygens (including phenoxy) is 2. The SMILES string of the molecule is NC(=O)CN1CCO[C@H](COc2ccc(Cl)cc2)C1. The van der Waals surface area contributed by atoms with Crippen LogP contribution in [-0.4, -0.2) is 49.8 Å². The molecule has 2 N–H and O–H groups in total. The highest BCUT2D eigenvalue weighted by atomic mass is 35.5. The minimum absolute atomic E-state index is 0.0521. The van der Waals surface area contributed by atoms with E-state index in [0.29, 0.717) is 24.8 Å². The Morgan fingerprint density at radius 2 is 2.21 bits per heavy atom. The van der Waals surface area contributed by atoms with Gasteiger partial charge < -0.3 is 15.2 Å². The largest absolute Gasteiger partial charge is 0.491 e. The van der Waals surface area contributed by atoms with E-state index in [1.165, 1.54) is 0 Å². The summed E-state index contributed by atoms with van der Waals surface area (Å²) < 4.78 is 11.2. The molecule has 2 rings (SSSR count). The van der Waals surface area contributed by atoms with E-state index in [2.05, 4.69) is 0 Å². The quantitative estimate of drug-likeness (QED) is 0.873. The van der Waals surface area contributed by atoms with Crippen molar-refractivity contribution in [2.24, 2.45) is 5.73 Å². The van der Waals surface area contributed by atoms with E-state index < -0.39 is 0 Å². The summed E-state index contributed by atoms with van der Waals surface area (Å²) in [6, 6.07) is 7.18. The van der Waals surface area contributed by atoms with Gasteiger partial charge >= 0.3 is 0 Å². The second-order valence-electron chi connectivity index (χ2n) is 4.46. The normalized spacial score (nSPS) is 20.2. The molecular weight excluding hydrogens is 268 g/mol. The molecule has 1 fully saturated rings. The molecule has 104 valence electrons. The highest BCUT2D eigenvalue weighted by molar-refractivity contribution is 6.30. The fraction of sp³-hybridized carbons (Fsp3) is 0.462. The lowest BCUT2D eigenvalue weighted by molar-refractivity contribution is -0.121. The number of carbonyl (C=O) groups excluding carboxylic acids is 1. The van der Waals surface area contributed by atoms with Gasteiger partial charge in [-0.2, -0.15) is 0 Å². The molecule has 5 nitrogen and oxygen atoms in total. The average molecular weight is 285 g/mol. The Labute approximate surface area is 117 Å². The van der Waals surface area contributed by atoms with Crippen molar-refractivity contribution in [1.82, 2.24) is 4.90 Å². The van der Waals surface area contributed by atoms with Gasteiger partial charge in [-0.15, -0.1) is 0 Å². The Kier molecular flexibility index (Phi) is 5.01. The smallest absolute Gasteiger partial charge is 0.231 e. The zero-order chi connectivity index (χ0) is 13.7. The summed E-state index contributed by atoms with van der Waals surface area (Å²) in [5.74, 6) is 0.430. The van der Waals surface area contributed by atoms with Gasteiger partial charge in [0.05, 0.1) is 13.2 Å². The molecule has 0 aromatic heterocycles. The molecule has 1 aliphatic rings. The van der Waals surface area contributed by atoms with Gasteiger partial charge in [0.15, 0.2) is 0 Å². The predicted octanol–water partition coefficient (Wildman–Crippen LogP) is 0.905. The Morgan fingerprint density at radius 3 is 2.89 bits per heavy atom. The maximum atomic E-state index is 10.9. The standard InChI is InChI=1S/C13H17ClN2O3/c14-10-1-3-11(4-2-10)19-9-12-7-16(5-6-18-12)8-13(15)17/h1-4,12H,5-9H2,(H2,15,17)/t12-/m0/s1. The van der Waals surface area contributed by atoms with Crippen LogP contribution in [0.4, 0.5) is 0 Å². The zero-order valence-electron chi connectivity index (χ0n) is 10.5.